The summed E-state index contributed by atoms with van der Waals surface area (Å²) >= 11 is 12.3. The maximum Gasteiger partial charge on any atom is 0.238 e. The van der Waals surface area contributed by atoms with E-state index in [2.05, 4.69) is 10.2 Å². The predicted molar refractivity (Wildman–Crippen MR) is 106 cm³/mol. The number of carbonyl (C=O) groups excluding carboxylic acids is 1. The second kappa shape index (κ2) is 9.25. The summed E-state index contributed by atoms with van der Waals surface area (Å²) in [7, 11) is 0. The number of nitrogens with zero attached hydrogens (tertiary/aromatic N) is 1. The van der Waals surface area contributed by atoms with Crippen LogP contribution < -0.4 is 5.32 Å². The van der Waals surface area contributed by atoms with Crippen LogP contribution in [0.15, 0.2) is 18.2 Å². The Morgan fingerprint density at radius 2 is 1.52 bits per heavy atom. The van der Waals surface area contributed by atoms with E-state index in [0.29, 0.717) is 34.4 Å². The highest BCUT2D eigenvalue weighted by Crippen LogP contribution is 2.31. The van der Waals surface area contributed by atoms with Gasteiger partial charge < -0.3 is 5.32 Å². The smallest absolute Gasteiger partial charge is 0.238 e. The Labute approximate surface area is 161 Å². The second-order valence-corrected chi connectivity index (χ2v) is 8.19. The third-order valence-corrected chi connectivity index (χ3v) is 6.46. The van der Waals surface area contributed by atoms with Crippen molar-refractivity contribution in [2.45, 2.75) is 76.3 Å². The molecule has 0 heterocycles. The number of nitrogens with one attached hydrogen (secondary N) is 1. The predicted octanol–water partition coefficient (Wildman–Crippen LogP) is 5.90. The average molecular weight is 383 g/mol. The molecule has 1 aromatic rings. The molecule has 0 atom stereocenters. The van der Waals surface area contributed by atoms with Gasteiger partial charge in [-0.3, -0.25) is 9.69 Å². The summed E-state index contributed by atoms with van der Waals surface area (Å²) in [6.45, 7) is 0.457. The summed E-state index contributed by atoms with van der Waals surface area (Å²) < 4.78 is 0. The summed E-state index contributed by atoms with van der Waals surface area (Å²) in [5.74, 6) is 0.0142. The molecule has 1 N–H and O–H groups in total. The fraction of sp³-hybridized carbons (Fsp3) is 0.650. The first-order chi connectivity index (χ1) is 12.1. The van der Waals surface area contributed by atoms with Gasteiger partial charge in [0.25, 0.3) is 0 Å². The van der Waals surface area contributed by atoms with Crippen molar-refractivity contribution in [2.24, 2.45) is 0 Å². The Bertz CT molecular complexity index is 563. The fourth-order valence-corrected chi connectivity index (χ4v) is 4.69. The van der Waals surface area contributed by atoms with Crippen molar-refractivity contribution in [2.75, 3.05) is 11.9 Å². The van der Waals surface area contributed by atoms with Crippen LogP contribution >= 0.6 is 23.2 Å². The number of anilines is 1. The molecule has 0 aromatic heterocycles. The molecule has 0 radical (unpaired) electrons. The number of hydrogen-bond donors (Lipinski definition) is 1. The molecule has 3 rings (SSSR count). The molecule has 0 saturated heterocycles. The third-order valence-electron chi connectivity index (χ3n) is 5.64. The van der Waals surface area contributed by atoms with Crippen molar-refractivity contribution in [3.8, 4) is 0 Å². The van der Waals surface area contributed by atoms with E-state index in [1.807, 2.05) is 6.07 Å². The normalized spacial score (nSPS) is 20.0. The van der Waals surface area contributed by atoms with Crippen molar-refractivity contribution in [3.05, 3.63) is 28.2 Å². The lowest BCUT2D eigenvalue weighted by Crippen LogP contribution is -2.48. The molecule has 25 heavy (non-hydrogen) atoms. The Morgan fingerprint density at radius 1 is 0.960 bits per heavy atom. The molecule has 0 spiro atoms. The largest absolute Gasteiger partial charge is 0.324 e. The summed E-state index contributed by atoms with van der Waals surface area (Å²) in [6, 6.07) is 6.45. The van der Waals surface area contributed by atoms with E-state index in [0.717, 1.165) is 0 Å². The van der Waals surface area contributed by atoms with Gasteiger partial charge >= 0.3 is 0 Å². The van der Waals surface area contributed by atoms with E-state index in [1.165, 1.54) is 64.2 Å². The van der Waals surface area contributed by atoms with Crippen molar-refractivity contribution >= 4 is 34.8 Å². The Hall–Kier alpha value is -0.770. The van der Waals surface area contributed by atoms with Crippen LogP contribution in [0.2, 0.25) is 10.0 Å². The second-order valence-electron chi connectivity index (χ2n) is 7.41. The third kappa shape index (κ3) is 5.12. The van der Waals surface area contributed by atoms with Gasteiger partial charge in [0.15, 0.2) is 0 Å². The zero-order valence-electron chi connectivity index (χ0n) is 14.8. The summed E-state index contributed by atoms with van der Waals surface area (Å²) in [6.07, 6.45) is 12.7. The molecule has 0 aliphatic heterocycles. The van der Waals surface area contributed by atoms with Crippen LogP contribution in [0, 0.1) is 0 Å². The van der Waals surface area contributed by atoms with Crippen LogP contribution in [0.4, 0.5) is 5.69 Å². The minimum absolute atomic E-state index is 0.0142. The van der Waals surface area contributed by atoms with E-state index in [-0.39, 0.29) is 5.91 Å². The van der Waals surface area contributed by atoms with Crippen molar-refractivity contribution < 1.29 is 4.79 Å². The number of amides is 1. The summed E-state index contributed by atoms with van der Waals surface area (Å²) in [4.78, 5) is 15.2. The van der Waals surface area contributed by atoms with Crippen LogP contribution in [0.5, 0.6) is 0 Å². The molecule has 2 aliphatic carbocycles. The Morgan fingerprint density at radius 3 is 2.08 bits per heavy atom. The number of carbonyl (C=O) groups is 1. The van der Waals surface area contributed by atoms with Crippen molar-refractivity contribution in [1.82, 2.24) is 4.90 Å². The van der Waals surface area contributed by atoms with E-state index in [1.54, 1.807) is 12.1 Å². The monoisotopic (exact) mass is 382 g/mol. The van der Waals surface area contributed by atoms with Crippen molar-refractivity contribution in [1.29, 1.82) is 0 Å². The molecule has 3 nitrogen and oxygen atoms in total. The highest BCUT2D eigenvalue weighted by molar-refractivity contribution is 6.43. The minimum Gasteiger partial charge on any atom is -0.324 e. The van der Waals surface area contributed by atoms with Gasteiger partial charge in [0.1, 0.15) is 0 Å². The molecule has 0 unspecified atom stereocenters. The first kappa shape index (κ1) is 19.0. The standard InChI is InChI=1S/C20H28Cl2N2O/c21-17-12-7-13-18(20(17)22)23-19(25)14-24(15-8-3-1-4-9-15)16-10-5-2-6-11-16/h7,12-13,15-16H,1-6,8-11,14H2,(H,23,25). The van der Waals surface area contributed by atoms with E-state index >= 15 is 0 Å². The SMILES string of the molecule is O=C(CN(C1CCCCC1)C1CCCCC1)Nc1cccc(Cl)c1Cl. The lowest BCUT2D eigenvalue weighted by atomic mass is 9.88. The molecule has 5 heteroatoms. The molecule has 0 bridgehead atoms. The van der Waals surface area contributed by atoms with Gasteiger partial charge in [0.05, 0.1) is 22.3 Å². The molecule has 1 aromatic carbocycles. The Kier molecular flexibility index (Phi) is 7.03. The summed E-state index contributed by atoms with van der Waals surface area (Å²) in [5.41, 5.74) is 0.603. The van der Waals surface area contributed by atoms with Crippen LogP contribution in [0.1, 0.15) is 64.2 Å². The Balaban J connectivity index is 1.67. The summed E-state index contributed by atoms with van der Waals surface area (Å²) in [5, 5.41) is 3.85. The van der Waals surface area contributed by atoms with Gasteiger partial charge in [0, 0.05) is 12.1 Å². The van der Waals surface area contributed by atoms with E-state index < -0.39 is 0 Å². The number of halogens is 2. The van der Waals surface area contributed by atoms with E-state index in [9.17, 15) is 4.79 Å². The molecule has 1 amide bonds. The number of rotatable bonds is 5. The average Bonchev–Trinajstić information content (AvgIpc) is 2.65. The quantitative estimate of drug-likeness (QED) is 0.687. The molecule has 2 aliphatic rings. The maximum absolute atomic E-state index is 12.7. The highest BCUT2D eigenvalue weighted by Gasteiger charge is 2.30. The van der Waals surface area contributed by atoms with Gasteiger partial charge in [-0.1, -0.05) is 67.8 Å². The van der Waals surface area contributed by atoms with Crippen molar-refractivity contribution in [3.63, 3.8) is 0 Å². The molecular weight excluding hydrogens is 355 g/mol. The first-order valence-corrected chi connectivity index (χ1v) is 10.4. The zero-order valence-corrected chi connectivity index (χ0v) is 16.3. The van der Waals surface area contributed by atoms with Gasteiger partial charge in [-0.25, -0.2) is 0 Å². The highest BCUT2D eigenvalue weighted by atomic mass is 35.5. The number of hydrogen-bond acceptors (Lipinski definition) is 2. The van der Waals surface area contributed by atoms with Gasteiger partial charge in [-0.05, 0) is 37.8 Å². The zero-order chi connectivity index (χ0) is 17.6. The first-order valence-electron chi connectivity index (χ1n) is 9.65. The van der Waals surface area contributed by atoms with Crippen LogP contribution in [0.3, 0.4) is 0 Å². The molecule has 138 valence electrons. The van der Waals surface area contributed by atoms with E-state index in [4.69, 9.17) is 23.2 Å². The molecule has 2 saturated carbocycles. The van der Waals surface area contributed by atoms with Crippen LogP contribution in [-0.4, -0.2) is 29.4 Å². The van der Waals surface area contributed by atoms with Gasteiger partial charge in [0.2, 0.25) is 5.91 Å². The lowest BCUT2D eigenvalue weighted by molar-refractivity contribution is -0.119. The topological polar surface area (TPSA) is 32.3 Å². The maximum atomic E-state index is 12.7. The lowest BCUT2D eigenvalue weighted by Gasteiger charge is -2.41. The molecule has 2 fully saturated rings. The van der Waals surface area contributed by atoms with Crippen LogP contribution in [0.25, 0.3) is 0 Å². The molecular formula is C20H28Cl2N2O. The van der Waals surface area contributed by atoms with Gasteiger partial charge in [-0.15, -0.1) is 0 Å². The minimum atomic E-state index is 0.0142. The number of benzene rings is 1. The fourth-order valence-electron chi connectivity index (χ4n) is 4.34. The van der Waals surface area contributed by atoms with Gasteiger partial charge in [-0.2, -0.15) is 0 Å². The van der Waals surface area contributed by atoms with Crippen LogP contribution in [-0.2, 0) is 4.79 Å².